The second-order valence-corrected chi connectivity index (χ2v) is 5.34. The van der Waals surface area contributed by atoms with E-state index in [1.165, 1.54) is 0 Å². The smallest absolute Gasteiger partial charge is 0.223 e. The van der Waals surface area contributed by atoms with Crippen molar-refractivity contribution in [3.8, 4) is 0 Å². The van der Waals surface area contributed by atoms with Gasteiger partial charge in [-0.2, -0.15) is 0 Å². The van der Waals surface area contributed by atoms with Crippen LogP contribution in [0, 0.1) is 13.8 Å². The van der Waals surface area contributed by atoms with Crippen LogP contribution in [0.3, 0.4) is 0 Å². The molecule has 0 aromatic carbocycles. The van der Waals surface area contributed by atoms with E-state index in [-0.39, 0.29) is 6.04 Å². The predicted molar refractivity (Wildman–Crippen MR) is 82.0 cm³/mol. The summed E-state index contributed by atoms with van der Waals surface area (Å²) in [6, 6.07) is 1.97. The normalized spacial score (nSPS) is 12.5. The molecule has 5 nitrogen and oxygen atoms in total. The maximum Gasteiger partial charge on any atom is 0.223 e. The summed E-state index contributed by atoms with van der Waals surface area (Å²) in [6.07, 6.45) is 2.37. The first-order valence-electron chi connectivity index (χ1n) is 7.19. The van der Waals surface area contributed by atoms with Crippen LogP contribution < -0.4 is 5.32 Å². The molecule has 0 saturated carbocycles. The summed E-state index contributed by atoms with van der Waals surface area (Å²) in [5, 5.41) is 3.23. The number of carbonyl (C=O) groups is 1. The fraction of sp³-hybridized carbons (Fsp3) is 0.667. The average Bonchev–Trinajstić information content (AvgIpc) is 2.36. The Kier molecular flexibility index (Phi) is 6.58. The van der Waals surface area contributed by atoms with E-state index >= 15 is 0 Å². The van der Waals surface area contributed by atoms with E-state index in [1.54, 1.807) is 0 Å². The number of likely N-dealkylation sites (N-methyl/N-ethyl adjacent to an activating group) is 1. The predicted octanol–water partition coefficient (Wildman–Crippen LogP) is 2.19. The Morgan fingerprint density at radius 1 is 1.30 bits per heavy atom. The van der Waals surface area contributed by atoms with Gasteiger partial charge in [0.1, 0.15) is 5.78 Å². The molecular formula is C15H26N4O. The van der Waals surface area contributed by atoms with E-state index in [2.05, 4.69) is 15.3 Å². The lowest BCUT2D eigenvalue weighted by Gasteiger charge is -2.22. The summed E-state index contributed by atoms with van der Waals surface area (Å²) in [6.45, 7) is 6.62. The lowest BCUT2D eigenvalue weighted by Crippen LogP contribution is -2.35. The molecular weight excluding hydrogens is 252 g/mol. The molecule has 1 rings (SSSR count). The van der Waals surface area contributed by atoms with Gasteiger partial charge in [-0.05, 0) is 46.9 Å². The second-order valence-electron chi connectivity index (χ2n) is 5.34. The number of carbonyl (C=O) groups excluding carboxylic acids is 1. The summed E-state index contributed by atoms with van der Waals surface area (Å²) in [7, 11) is 3.91. The highest BCUT2D eigenvalue weighted by Crippen LogP contribution is 2.08. The van der Waals surface area contributed by atoms with E-state index in [9.17, 15) is 4.79 Å². The zero-order valence-corrected chi connectivity index (χ0v) is 13.2. The van der Waals surface area contributed by atoms with Crippen molar-refractivity contribution in [1.29, 1.82) is 0 Å². The van der Waals surface area contributed by atoms with Crippen molar-refractivity contribution in [3.05, 3.63) is 17.5 Å². The number of hydrogen-bond donors (Lipinski definition) is 1. The molecule has 0 aliphatic rings. The highest BCUT2D eigenvalue weighted by atomic mass is 16.1. The number of aryl methyl sites for hydroxylation is 2. The molecule has 0 bridgehead atoms. The van der Waals surface area contributed by atoms with Crippen molar-refractivity contribution in [2.24, 2.45) is 0 Å². The van der Waals surface area contributed by atoms with Gasteiger partial charge in [-0.1, -0.05) is 6.92 Å². The minimum atomic E-state index is 0.0157. The zero-order chi connectivity index (χ0) is 15.1. The molecule has 1 atom stereocenters. The van der Waals surface area contributed by atoms with Crippen molar-refractivity contribution >= 4 is 11.7 Å². The van der Waals surface area contributed by atoms with Gasteiger partial charge in [0, 0.05) is 24.4 Å². The third kappa shape index (κ3) is 5.25. The van der Waals surface area contributed by atoms with Crippen LogP contribution in [0.1, 0.15) is 37.6 Å². The number of rotatable bonds is 8. The molecule has 0 spiro atoms. The molecule has 0 saturated heterocycles. The molecule has 1 N–H and O–H groups in total. The van der Waals surface area contributed by atoms with E-state index in [1.807, 2.05) is 45.8 Å². The average molecular weight is 278 g/mol. The first kappa shape index (κ1) is 16.6. The van der Waals surface area contributed by atoms with Crippen LogP contribution in [-0.4, -0.2) is 47.3 Å². The van der Waals surface area contributed by atoms with E-state index in [0.29, 0.717) is 18.2 Å². The molecule has 0 aliphatic heterocycles. The Balaban J connectivity index is 2.42. The monoisotopic (exact) mass is 278 g/mol. The third-order valence-corrected chi connectivity index (χ3v) is 3.26. The Morgan fingerprint density at radius 2 is 1.90 bits per heavy atom. The SMILES string of the molecule is CCC(=O)C(CCCNc1nc(C)cc(C)n1)N(C)C. The lowest BCUT2D eigenvalue weighted by molar-refractivity contribution is -0.123. The standard InChI is InChI=1S/C15H26N4O/c1-6-14(20)13(19(4)5)8-7-9-16-15-17-11(2)10-12(3)18-15/h10,13H,6-9H2,1-5H3,(H,16,17,18). The fourth-order valence-corrected chi connectivity index (χ4v) is 2.24. The molecule has 0 radical (unpaired) electrons. The van der Waals surface area contributed by atoms with Crippen LogP contribution in [-0.2, 0) is 4.79 Å². The number of anilines is 1. The van der Waals surface area contributed by atoms with Crippen LogP contribution in [0.15, 0.2) is 6.07 Å². The number of Topliss-reactive ketones (excluding diaryl/α,β-unsaturated/α-hetero) is 1. The highest BCUT2D eigenvalue weighted by molar-refractivity contribution is 5.83. The van der Waals surface area contributed by atoms with Crippen LogP contribution in [0.2, 0.25) is 0 Å². The van der Waals surface area contributed by atoms with Crippen molar-refractivity contribution in [2.75, 3.05) is 26.0 Å². The summed E-state index contributed by atoms with van der Waals surface area (Å²) in [5.41, 5.74) is 1.93. The van der Waals surface area contributed by atoms with E-state index in [0.717, 1.165) is 30.8 Å². The van der Waals surface area contributed by atoms with Crippen molar-refractivity contribution in [2.45, 2.75) is 46.1 Å². The zero-order valence-electron chi connectivity index (χ0n) is 13.2. The second kappa shape index (κ2) is 7.94. The largest absolute Gasteiger partial charge is 0.354 e. The molecule has 0 amide bonds. The number of aromatic nitrogens is 2. The molecule has 1 aromatic rings. The number of hydrogen-bond acceptors (Lipinski definition) is 5. The number of nitrogens with zero attached hydrogens (tertiary/aromatic N) is 3. The fourth-order valence-electron chi connectivity index (χ4n) is 2.24. The van der Waals surface area contributed by atoms with Gasteiger partial charge in [0.25, 0.3) is 0 Å². The number of ketones is 1. The minimum absolute atomic E-state index is 0.0157. The Bertz CT molecular complexity index is 425. The van der Waals surface area contributed by atoms with Gasteiger partial charge in [0.05, 0.1) is 6.04 Å². The maximum absolute atomic E-state index is 11.8. The lowest BCUT2D eigenvalue weighted by atomic mass is 10.0. The Labute approximate surface area is 121 Å². The van der Waals surface area contributed by atoms with E-state index in [4.69, 9.17) is 0 Å². The molecule has 20 heavy (non-hydrogen) atoms. The molecule has 112 valence electrons. The first-order chi connectivity index (χ1) is 9.43. The van der Waals surface area contributed by atoms with Crippen LogP contribution >= 0.6 is 0 Å². The van der Waals surface area contributed by atoms with Crippen LogP contribution in [0.4, 0.5) is 5.95 Å². The molecule has 1 unspecified atom stereocenters. The molecule has 0 fully saturated rings. The van der Waals surface area contributed by atoms with Gasteiger partial charge in [-0.25, -0.2) is 9.97 Å². The topological polar surface area (TPSA) is 58.1 Å². The van der Waals surface area contributed by atoms with Gasteiger partial charge in [-0.15, -0.1) is 0 Å². The summed E-state index contributed by atoms with van der Waals surface area (Å²) in [4.78, 5) is 22.5. The number of nitrogens with one attached hydrogen (secondary N) is 1. The maximum atomic E-state index is 11.8. The quantitative estimate of drug-likeness (QED) is 0.739. The first-order valence-corrected chi connectivity index (χ1v) is 7.19. The van der Waals surface area contributed by atoms with Gasteiger partial charge < -0.3 is 5.32 Å². The minimum Gasteiger partial charge on any atom is -0.354 e. The van der Waals surface area contributed by atoms with Gasteiger partial charge >= 0.3 is 0 Å². The summed E-state index contributed by atoms with van der Waals surface area (Å²) >= 11 is 0. The molecule has 1 heterocycles. The van der Waals surface area contributed by atoms with Crippen molar-refractivity contribution < 1.29 is 4.79 Å². The van der Waals surface area contributed by atoms with E-state index < -0.39 is 0 Å². The Hall–Kier alpha value is -1.49. The van der Waals surface area contributed by atoms with Crippen molar-refractivity contribution in [1.82, 2.24) is 14.9 Å². The molecule has 0 aliphatic carbocycles. The van der Waals surface area contributed by atoms with Crippen LogP contribution in [0.25, 0.3) is 0 Å². The van der Waals surface area contributed by atoms with Crippen molar-refractivity contribution in [3.63, 3.8) is 0 Å². The summed E-state index contributed by atoms with van der Waals surface area (Å²) < 4.78 is 0. The Morgan fingerprint density at radius 3 is 2.40 bits per heavy atom. The summed E-state index contributed by atoms with van der Waals surface area (Å²) in [5.74, 6) is 0.975. The van der Waals surface area contributed by atoms with Gasteiger partial charge in [0.2, 0.25) is 5.95 Å². The molecule has 1 aromatic heterocycles. The highest BCUT2D eigenvalue weighted by Gasteiger charge is 2.18. The third-order valence-electron chi connectivity index (χ3n) is 3.26. The van der Waals surface area contributed by atoms with Crippen LogP contribution in [0.5, 0.6) is 0 Å². The molecule has 5 heteroatoms. The van der Waals surface area contributed by atoms with Gasteiger partial charge in [-0.3, -0.25) is 9.69 Å². The van der Waals surface area contributed by atoms with Gasteiger partial charge in [0.15, 0.2) is 0 Å².